The molecule has 8 heterocycles. The summed E-state index contributed by atoms with van der Waals surface area (Å²) in [7, 11) is 0. The third-order valence-electron chi connectivity index (χ3n) is 27.6. The molecule has 0 aliphatic rings. The van der Waals surface area contributed by atoms with Crippen LogP contribution >= 0.6 is 0 Å². The van der Waals surface area contributed by atoms with Gasteiger partial charge in [-0.1, -0.05) is 322 Å². The van der Waals surface area contributed by atoms with Gasteiger partial charge in [-0.25, -0.2) is 0 Å². The van der Waals surface area contributed by atoms with Gasteiger partial charge in [0, 0.05) is 86.2 Å². The molecule has 0 bridgehead atoms. The van der Waals surface area contributed by atoms with Crippen LogP contribution in [0, 0.1) is 0 Å². The first-order valence-corrected chi connectivity index (χ1v) is 43.1. The second-order valence-electron chi connectivity index (χ2n) is 34.1. The molecule has 20 aromatic carbocycles. The largest absolute Gasteiger partial charge is 0.308 e. The van der Waals surface area contributed by atoms with Gasteiger partial charge >= 0.3 is 0 Å². The summed E-state index contributed by atoms with van der Waals surface area (Å²) in [5.41, 5.74) is 41.1. The summed E-state index contributed by atoms with van der Waals surface area (Å²) in [6.45, 7) is 0. The Balaban J connectivity index is 0.561. The minimum absolute atomic E-state index is 1.16. The zero-order chi connectivity index (χ0) is 80.7. The van der Waals surface area contributed by atoms with E-state index in [1.807, 2.05) is 0 Å². The predicted octanol–water partition coefficient (Wildman–Crippen LogP) is 32.6. The van der Waals surface area contributed by atoms with Crippen molar-refractivity contribution in [3.8, 4) is 122 Å². The molecule has 0 aliphatic heterocycles. The van der Waals surface area contributed by atoms with E-state index in [1.54, 1.807) is 0 Å². The van der Waals surface area contributed by atoms with Gasteiger partial charge in [-0.05, 0) is 226 Å². The van der Waals surface area contributed by atoms with Gasteiger partial charge < -0.3 is 17.6 Å². The second-order valence-corrected chi connectivity index (χ2v) is 34.1. The van der Waals surface area contributed by atoms with E-state index >= 15 is 0 Å². The summed E-state index contributed by atoms with van der Waals surface area (Å²) in [4.78, 5) is 0. The number of fused-ring (bicyclic) bond motifs is 24. The number of nitrogens with zero attached hydrogens (tertiary/aromatic N) is 4. The Morgan fingerprint density at radius 1 is 0.105 bits per heavy atom. The highest BCUT2D eigenvalue weighted by Crippen LogP contribution is 2.54. The van der Waals surface area contributed by atoms with Gasteiger partial charge in [0.05, 0.1) is 66.2 Å². The van der Waals surface area contributed by atoms with Crippen molar-refractivity contribution >= 4 is 152 Å². The van der Waals surface area contributed by atoms with Gasteiger partial charge in [0.1, 0.15) is 0 Å². The Kier molecular flexibility index (Phi) is 13.9. The maximum absolute atomic E-state index is 2.58. The molecule has 8 aromatic heterocycles. The van der Waals surface area contributed by atoms with Crippen molar-refractivity contribution in [2.45, 2.75) is 0 Å². The quantitative estimate of drug-likeness (QED) is 0.123. The minimum Gasteiger partial charge on any atom is -0.308 e. The van der Waals surface area contributed by atoms with Gasteiger partial charge in [0.15, 0.2) is 0 Å². The number of aromatic nitrogens is 4. The van der Waals surface area contributed by atoms with Crippen molar-refractivity contribution < 1.29 is 0 Å². The van der Waals surface area contributed by atoms with Gasteiger partial charge in [-0.2, -0.15) is 0 Å². The van der Waals surface area contributed by atoms with Crippen molar-refractivity contribution in [3.05, 3.63) is 425 Å². The van der Waals surface area contributed by atoms with Crippen molar-refractivity contribution in [1.29, 1.82) is 0 Å². The van der Waals surface area contributed by atoms with E-state index in [1.165, 1.54) is 258 Å². The van der Waals surface area contributed by atoms with Crippen LogP contribution in [0.15, 0.2) is 425 Å². The fraction of sp³-hybridized carbons (Fsp3) is 0. The lowest BCUT2D eigenvalue weighted by molar-refractivity contribution is 1.36. The normalized spacial score (nSPS) is 12.4. The molecule has 4 nitrogen and oxygen atoms in total. The molecular weight excluding hydrogens is 1500 g/mol. The molecule has 28 aromatic rings. The van der Waals surface area contributed by atoms with Crippen LogP contribution in [0.25, 0.3) is 275 Å². The lowest BCUT2D eigenvalue weighted by Gasteiger charge is -2.15. The minimum atomic E-state index is 1.16. The molecule has 0 atom stereocenters. The molecule has 0 N–H and O–H groups in total. The maximum Gasteiger partial charge on any atom is 0.0626 e. The van der Waals surface area contributed by atoms with E-state index in [2.05, 4.69) is 442 Å². The highest BCUT2D eigenvalue weighted by molar-refractivity contribution is 6.35. The van der Waals surface area contributed by atoms with Crippen molar-refractivity contribution in [3.63, 3.8) is 0 Å². The van der Waals surface area contributed by atoms with Crippen molar-refractivity contribution in [1.82, 2.24) is 17.6 Å². The van der Waals surface area contributed by atoms with Gasteiger partial charge in [-0.3, -0.25) is 0 Å². The molecule has 0 fully saturated rings. The lowest BCUT2D eigenvalue weighted by Crippen LogP contribution is -1.89. The van der Waals surface area contributed by atoms with E-state index in [-0.39, 0.29) is 0 Å². The number of hydrogen-bond donors (Lipinski definition) is 0. The summed E-state index contributed by atoms with van der Waals surface area (Å²) in [6.07, 6.45) is 0. The van der Waals surface area contributed by atoms with E-state index in [0.29, 0.717) is 0 Å². The molecule has 0 saturated heterocycles. The Morgan fingerprint density at radius 3 is 0.629 bits per heavy atom. The number of para-hydroxylation sites is 4. The third-order valence-corrected chi connectivity index (χ3v) is 27.6. The second kappa shape index (κ2) is 25.6. The highest BCUT2D eigenvalue weighted by atomic mass is 15.0. The first-order valence-electron chi connectivity index (χ1n) is 43.1. The van der Waals surface area contributed by atoms with E-state index < -0.39 is 0 Å². The lowest BCUT2D eigenvalue weighted by atomic mass is 9.89. The molecule has 28 rings (SSSR count). The SMILES string of the molecule is c1ccc(-c2cccc(-c3ccc4c5cc6c(cc5n5c7ccccc7c3c45)c3ccc(-c4cccc(-c5ccccc5-c5cccc(-c7cc(-c8ccccc8)cc(-c8ccc9c%10cc%11c(cc%10n%10c%12ccccc%12c8c9%10)c8ccc(-c9cc(-c%10ccccc%10)cc(-c%10ccccc%10)c9)c9c%10ccccc%10n%11c89)c7)c5)c4)c4c5ccccc5n6c34)c2)cc1. The fourth-order valence-electron chi connectivity index (χ4n) is 22.3. The summed E-state index contributed by atoms with van der Waals surface area (Å²) in [5.74, 6) is 0. The number of rotatable bonds is 11. The molecule has 0 unspecified atom stereocenters. The highest BCUT2D eigenvalue weighted by Gasteiger charge is 2.30. The summed E-state index contributed by atoms with van der Waals surface area (Å²) in [6, 6.07) is 160. The standard InChI is InChI=1S/C120H70N4/c1-5-26-71(27-6-1)75-34-23-38-79(58-75)89-50-54-93-101-67-110-102(68-109(101)121-105-46-19-15-42-97(105)113(89)117(93)121)94-55-51-90(114-98-43-16-20-47-106(98)122(110)118(94)114)80-39-25-37-78(60-80)88-41-14-13-40-87(88)77-36-24-35-76(59-77)84-62-83(74-32-11-4-12-33-74)65-86(66-84)92-53-57-96-104-70-111-103(69-112(104)124-108-49-22-18-45-100(108)116(92)120(96)124)95-56-52-91(115-99-44-17-21-48-107(99)123(111)119(95)115)85-63-81(72-28-7-2-8-29-72)61-82(64-85)73-30-9-3-10-31-73/h1-70H. The Labute approximate surface area is 712 Å². The summed E-state index contributed by atoms with van der Waals surface area (Å²) < 4.78 is 10.3. The van der Waals surface area contributed by atoms with Gasteiger partial charge in [0.25, 0.3) is 0 Å². The van der Waals surface area contributed by atoms with Gasteiger partial charge in [0.2, 0.25) is 0 Å². The zero-order valence-corrected chi connectivity index (χ0v) is 67.2. The van der Waals surface area contributed by atoms with Crippen LogP contribution in [-0.2, 0) is 0 Å². The molecular formula is C120H70N4. The van der Waals surface area contributed by atoms with Crippen LogP contribution in [0.4, 0.5) is 0 Å². The molecule has 0 amide bonds. The Morgan fingerprint density at radius 2 is 0.315 bits per heavy atom. The topological polar surface area (TPSA) is 17.6 Å². The Bertz CT molecular complexity index is 9290. The number of benzene rings is 20. The van der Waals surface area contributed by atoms with Crippen LogP contribution in [0.2, 0.25) is 0 Å². The van der Waals surface area contributed by atoms with Crippen LogP contribution in [0.3, 0.4) is 0 Å². The smallest absolute Gasteiger partial charge is 0.0626 e. The average Bonchev–Trinajstić information content (AvgIpc) is 1.52. The van der Waals surface area contributed by atoms with Crippen molar-refractivity contribution in [2.24, 2.45) is 0 Å². The monoisotopic (exact) mass is 1570 g/mol. The van der Waals surface area contributed by atoms with Crippen LogP contribution in [0.1, 0.15) is 0 Å². The maximum atomic E-state index is 2.58. The number of hydrogen-bond acceptors (Lipinski definition) is 0. The predicted molar refractivity (Wildman–Crippen MR) is 525 cm³/mol. The molecule has 0 radical (unpaired) electrons. The zero-order valence-electron chi connectivity index (χ0n) is 67.2. The molecule has 0 saturated carbocycles. The van der Waals surface area contributed by atoms with Crippen LogP contribution in [-0.4, -0.2) is 17.6 Å². The summed E-state index contributed by atoms with van der Waals surface area (Å²) in [5, 5.41) is 20.2. The van der Waals surface area contributed by atoms with Crippen LogP contribution < -0.4 is 0 Å². The van der Waals surface area contributed by atoms with Gasteiger partial charge in [-0.15, -0.1) is 0 Å². The fourth-order valence-corrected chi connectivity index (χ4v) is 22.3. The average molecular weight is 1570 g/mol. The van der Waals surface area contributed by atoms with Crippen LogP contribution in [0.5, 0.6) is 0 Å². The first kappa shape index (κ1) is 67.5. The van der Waals surface area contributed by atoms with E-state index in [9.17, 15) is 0 Å². The van der Waals surface area contributed by atoms with E-state index in [4.69, 9.17) is 0 Å². The third kappa shape index (κ3) is 9.51. The summed E-state index contributed by atoms with van der Waals surface area (Å²) >= 11 is 0. The first-order chi connectivity index (χ1) is 61.5. The van der Waals surface area contributed by atoms with E-state index in [0.717, 1.165) is 16.7 Å². The molecule has 570 valence electrons. The molecule has 0 spiro atoms. The molecule has 4 heteroatoms. The molecule has 124 heavy (non-hydrogen) atoms. The Hall–Kier alpha value is -16.4. The molecule has 0 aliphatic carbocycles. The van der Waals surface area contributed by atoms with Crippen molar-refractivity contribution in [2.75, 3.05) is 0 Å².